The summed E-state index contributed by atoms with van der Waals surface area (Å²) in [5, 5.41) is 10.8. The van der Waals surface area contributed by atoms with Crippen LogP contribution in [0.15, 0.2) is 60.7 Å². The van der Waals surface area contributed by atoms with Crippen molar-refractivity contribution in [3.05, 3.63) is 71.8 Å². The molecule has 0 aromatic heterocycles. The van der Waals surface area contributed by atoms with E-state index in [1.54, 1.807) is 0 Å². The summed E-state index contributed by atoms with van der Waals surface area (Å²) in [6.45, 7) is 8.40. The number of aliphatic hydroxyl groups is 1. The first-order valence-corrected chi connectivity index (χ1v) is 10.4. The molecule has 2 saturated heterocycles. The lowest BCUT2D eigenvalue weighted by Gasteiger charge is -2.46. The number of aliphatic hydroxyl groups excluding tert-OH is 1. The minimum Gasteiger partial charge on any atom is -0.393 e. The molecule has 0 aliphatic carbocycles. The van der Waals surface area contributed by atoms with Crippen LogP contribution in [0.1, 0.15) is 24.5 Å². The molecule has 1 N–H and O–H groups in total. The van der Waals surface area contributed by atoms with Crippen LogP contribution in [-0.4, -0.2) is 53.7 Å². The van der Waals surface area contributed by atoms with Gasteiger partial charge in [-0.15, -0.1) is 0 Å². The fourth-order valence-electron chi connectivity index (χ4n) is 5.19. The molecule has 3 nitrogen and oxygen atoms in total. The molecule has 0 bridgehead atoms. The van der Waals surface area contributed by atoms with Crippen molar-refractivity contribution in [3.8, 4) is 0 Å². The van der Waals surface area contributed by atoms with Gasteiger partial charge >= 0.3 is 0 Å². The van der Waals surface area contributed by atoms with Gasteiger partial charge in [-0.25, -0.2) is 0 Å². The van der Waals surface area contributed by atoms with E-state index in [2.05, 4.69) is 70.5 Å². The molecule has 3 unspecified atom stereocenters. The van der Waals surface area contributed by atoms with E-state index in [1.807, 2.05) is 6.92 Å². The zero-order chi connectivity index (χ0) is 18.7. The number of likely N-dealkylation sites (tertiary alicyclic amines) is 2. The van der Waals surface area contributed by atoms with Crippen molar-refractivity contribution in [2.24, 2.45) is 11.3 Å². The molecule has 3 atom stereocenters. The number of hydrogen-bond acceptors (Lipinski definition) is 3. The van der Waals surface area contributed by atoms with Gasteiger partial charge in [-0.1, -0.05) is 60.7 Å². The van der Waals surface area contributed by atoms with Crippen LogP contribution in [-0.2, 0) is 13.0 Å². The number of hydrogen-bond donors (Lipinski definition) is 1. The monoisotopic (exact) mass is 364 g/mol. The largest absolute Gasteiger partial charge is 0.393 e. The Balaban J connectivity index is 1.41. The average Bonchev–Trinajstić information content (AvgIpc) is 3.06. The lowest BCUT2D eigenvalue weighted by atomic mass is 9.70. The lowest BCUT2D eigenvalue weighted by molar-refractivity contribution is -0.0396. The van der Waals surface area contributed by atoms with E-state index >= 15 is 0 Å². The zero-order valence-corrected chi connectivity index (χ0v) is 16.4. The SMILES string of the molecule is CC(O)C12CN(CCc3ccccc3)CCC1CN(Cc1ccccc1)C2. The van der Waals surface area contributed by atoms with Crippen LogP contribution in [0.5, 0.6) is 0 Å². The van der Waals surface area contributed by atoms with E-state index < -0.39 is 0 Å². The highest BCUT2D eigenvalue weighted by Gasteiger charge is 2.52. The van der Waals surface area contributed by atoms with E-state index in [9.17, 15) is 5.11 Å². The van der Waals surface area contributed by atoms with Crippen LogP contribution in [0.3, 0.4) is 0 Å². The highest BCUT2D eigenvalue weighted by atomic mass is 16.3. The van der Waals surface area contributed by atoms with Gasteiger partial charge in [0.1, 0.15) is 0 Å². The lowest BCUT2D eigenvalue weighted by Crippen LogP contribution is -2.54. The number of fused-ring (bicyclic) bond motifs is 1. The molecule has 144 valence electrons. The summed E-state index contributed by atoms with van der Waals surface area (Å²) in [5.41, 5.74) is 2.80. The summed E-state index contributed by atoms with van der Waals surface area (Å²) in [6.07, 6.45) is 2.03. The highest BCUT2D eigenvalue weighted by molar-refractivity contribution is 5.17. The topological polar surface area (TPSA) is 26.7 Å². The molecule has 0 saturated carbocycles. The first-order chi connectivity index (χ1) is 13.2. The van der Waals surface area contributed by atoms with Gasteiger partial charge in [0.25, 0.3) is 0 Å². The van der Waals surface area contributed by atoms with Gasteiger partial charge < -0.3 is 10.0 Å². The Morgan fingerprint density at radius 1 is 0.963 bits per heavy atom. The van der Waals surface area contributed by atoms with Gasteiger partial charge in [-0.05, 0) is 43.4 Å². The minimum absolute atomic E-state index is 0.0176. The van der Waals surface area contributed by atoms with Gasteiger partial charge in [0, 0.05) is 38.1 Å². The van der Waals surface area contributed by atoms with Gasteiger partial charge in [0.05, 0.1) is 6.10 Å². The Kier molecular flexibility index (Phi) is 5.63. The van der Waals surface area contributed by atoms with Crippen LogP contribution < -0.4 is 0 Å². The molecular weight excluding hydrogens is 332 g/mol. The maximum atomic E-state index is 10.8. The van der Waals surface area contributed by atoms with E-state index in [-0.39, 0.29) is 11.5 Å². The molecule has 27 heavy (non-hydrogen) atoms. The number of rotatable bonds is 6. The molecule has 3 heteroatoms. The van der Waals surface area contributed by atoms with Crippen molar-refractivity contribution in [3.63, 3.8) is 0 Å². The van der Waals surface area contributed by atoms with Crippen molar-refractivity contribution in [2.75, 3.05) is 32.7 Å². The van der Waals surface area contributed by atoms with E-state index in [0.29, 0.717) is 5.92 Å². The third-order valence-electron chi connectivity index (χ3n) is 6.76. The molecule has 2 aromatic carbocycles. The molecule has 2 aromatic rings. The molecule has 2 fully saturated rings. The molecule has 2 aliphatic heterocycles. The van der Waals surface area contributed by atoms with Gasteiger partial charge in [-0.2, -0.15) is 0 Å². The summed E-state index contributed by atoms with van der Waals surface area (Å²) in [4.78, 5) is 5.15. The second kappa shape index (κ2) is 8.14. The minimum atomic E-state index is -0.261. The summed E-state index contributed by atoms with van der Waals surface area (Å²) in [7, 11) is 0. The molecule has 2 aliphatic rings. The summed E-state index contributed by atoms with van der Waals surface area (Å²) < 4.78 is 0. The normalized spacial score (nSPS) is 27.4. The Morgan fingerprint density at radius 2 is 1.59 bits per heavy atom. The van der Waals surface area contributed by atoms with Gasteiger partial charge in [0.2, 0.25) is 0 Å². The van der Waals surface area contributed by atoms with E-state index in [1.165, 1.54) is 17.5 Å². The second-order valence-electron chi connectivity index (χ2n) is 8.56. The summed E-state index contributed by atoms with van der Waals surface area (Å²) >= 11 is 0. The first-order valence-electron chi connectivity index (χ1n) is 10.4. The third kappa shape index (κ3) is 4.11. The van der Waals surface area contributed by atoms with Crippen LogP contribution in [0, 0.1) is 11.3 Å². The van der Waals surface area contributed by atoms with Gasteiger partial charge in [0.15, 0.2) is 0 Å². The highest BCUT2D eigenvalue weighted by Crippen LogP contribution is 2.45. The maximum absolute atomic E-state index is 10.8. The first kappa shape index (κ1) is 18.7. The average molecular weight is 365 g/mol. The maximum Gasteiger partial charge on any atom is 0.0596 e. The van der Waals surface area contributed by atoms with E-state index in [0.717, 1.165) is 45.7 Å². The van der Waals surface area contributed by atoms with Crippen molar-refractivity contribution in [1.82, 2.24) is 9.80 Å². The predicted molar refractivity (Wildman–Crippen MR) is 111 cm³/mol. The predicted octanol–water partition coefficient (Wildman–Crippen LogP) is 3.43. The van der Waals surface area contributed by atoms with Crippen molar-refractivity contribution < 1.29 is 5.11 Å². The van der Waals surface area contributed by atoms with Crippen LogP contribution >= 0.6 is 0 Å². The molecule has 4 rings (SSSR count). The van der Waals surface area contributed by atoms with Crippen molar-refractivity contribution in [2.45, 2.75) is 32.4 Å². The van der Waals surface area contributed by atoms with Crippen molar-refractivity contribution >= 4 is 0 Å². The quantitative estimate of drug-likeness (QED) is 0.851. The summed E-state index contributed by atoms with van der Waals surface area (Å²) in [6, 6.07) is 21.5. The fraction of sp³-hybridized carbons (Fsp3) is 0.500. The number of benzene rings is 2. The summed E-state index contributed by atoms with van der Waals surface area (Å²) in [5.74, 6) is 0.606. The van der Waals surface area contributed by atoms with Gasteiger partial charge in [-0.3, -0.25) is 4.90 Å². The zero-order valence-electron chi connectivity index (χ0n) is 16.4. The molecule has 0 amide bonds. The standard InChI is InChI=1S/C24H32N2O/c1-20(27)24-18-25(14-12-21-8-4-2-5-9-21)15-13-23(24)17-26(19-24)16-22-10-6-3-7-11-22/h2-11,20,23,27H,12-19H2,1H3. The fourth-order valence-corrected chi connectivity index (χ4v) is 5.19. The molecule has 2 heterocycles. The Hall–Kier alpha value is -1.68. The smallest absolute Gasteiger partial charge is 0.0596 e. The Morgan fingerprint density at radius 3 is 2.26 bits per heavy atom. The van der Waals surface area contributed by atoms with Crippen LogP contribution in [0.25, 0.3) is 0 Å². The van der Waals surface area contributed by atoms with Crippen molar-refractivity contribution in [1.29, 1.82) is 0 Å². The van der Waals surface area contributed by atoms with Crippen LogP contribution in [0.2, 0.25) is 0 Å². The Labute approximate surface area is 163 Å². The number of piperidine rings is 1. The molecule has 0 spiro atoms. The Bertz CT molecular complexity index is 718. The molecular formula is C24H32N2O. The van der Waals surface area contributed by atoms with Crippen LogP contribution in [0.4, 0.5) is 0 Å². The third-order valence-corrected chi connectivity index (χ3v) is 6.76. The number of nitrogens with zero attached hydrogens (tertiary/aromatic N) is 2. The molecule has 0 radical (unpaired) electrons. The van der Waals surface area contributed by atoms with E-state index in [4.69, 9.17) is 0 Å². The second-order valence-corrected chi connectivity index (χ2v) is 8.56.